The summed E-state index contributed by atoms with van der Waals surface area (Å²) in [7, 11) is -3.88. The molecule has 1 aromatic rings. The molecule has 19 heavy (non-hydrogen) atoms. The molecule has 0 spiro atoms. The Morgan fingerprint density at radius 1 is 1.53 bits per heavy atom. The summed E-state index contributed by atoms with van der Waals surface area (Å²) in [4.78, 5) is 14.6. The molecule has 0 amide bonds. The molecule has 0 radical (unpaired) electrons. The maximum absolute atomic E-state index is 12.3. The lowest BCUT2D eigenvalue weighted by molar-refractivity contribution is -0.140. The molecule has 0 aliphatic carbocycles. The van der Waals surface area contributed by atoms with Crippen LogP contribution in [-0.2, 0) is 14.8 Å². The van der Waals surface area contributed by atoms with Crippen LogP contribution in [0.4, 0.5) is 0 Å². The number of carboxylic acid groups (broad SMARTS) is 1. The maximum Gasteiger partial charge on any atom is 0.322 e. The Hall–Kier alpha value is -1.98. The van der Waals surface area contributed by atoms with Gasteiger partial charge in [0, 0.05) is 12.7 Å². The molecule has 8 heteroatoms. The van der Waals surface area contributed by atoms with Crippen LogP contribution in [0.2, 0.25) is 0 Å². The van der Waals surface area contributed by atoms with Crippen molar-refractivity contribution in [3.63, 3.8) is 0 Å². The summed E-state index contributed by atoms with van der Waals surface area (Å²) in [6, 6.07) is 3.31. The predicted molar refractivity (Wildman–Crippen MR) is 63.5 cm³/mol. The van der Waals surface area contributed by atoms with E-state index in [9.17, 15) is 13.2 Å². The molecule has 1 aliphatic rings. The number of nitriles is 1. The lowest BCUT2D eigenvalue weighted by Crippen LogP contribution is -2.40. The normalized spacial score (nSPS) is 20.1. The van der Waals surface area contributed by atoms with Crippen molar-refractivity contribution in [1.82, 2.24) is 9.29 Å². The van der Waals surface area contributed by atoms with Gasteiger partial charge < -0.3 is 5.11 Å². The molecule has 7 nitrogen and oxygen atoms in total. The number of aromatic nitrogens is 1. The van der Waals surface area contributed by atoms with E-state index in [1.54, 1.807) is 6.07 Å². The zero-order chi connectivity index (χ0) is 14.0. The molecule has 2 heterocycles. The standard InChI is InChI=1S/C11H11N3O4S/c12-6-8-3-4-9(7-13-8)19(17,18)14-5-1-2-10(14)11(15)16/h3-4,7,10H,1-2,5H2,(H,15,16)/t10-/m0/s1. The lowest BCUT2D eigenvalue weighted by atomic mass is 10.2. The van der Waals surface area contributed by atoms with Crippen LogP contribution in [0.1, 0.15) is 18.5 Å². The predicted octanol–water partition coefficient (Wildman–Crippen LogP) is 0.191. The first kappa shape index (κ1) is 13.5. The van der Waals surface area contributed by atoms with Crippen molar-refractivity contribution in [2.75, 3.05) is 6.54 Å². The van der Waals surface area contributed by atoms with E-state index in [0.717, 1.165) is 10.5 Å². The Labute approximate surface area is 110 Å². The van der Waals surface area contributed by atoms with Crippen molar-refractivity contribution >= 4 is 16.0 Å². The lowest BCUT2D eigenvalue weighted by Gasteiger charge is -2.20. The Morgan fingerprint density at radius 2 is 2.26 bits per heavy atom. The molecule has 1 aliphatic heterocycles. The van der Waals surface area contributed by atoms with Gasteiger partial charge >= 0.3 is 5.97 Å². The Kier molecular flexibility index (Phi) is 3.50. The van der Waals surface area contributed by atoms with Crippen molar-refractivity contribution in [3.05, 3.63) is 24.0 Å². The number of aliphatic carboxylic acids is 1. The number of carboxylic acids is 1. The van der Waals surface area contributed by atoms with Gasteiger partial charge in [-0.2, -0.15) is 9.57 Å². The van der Waals surface area contributed by atoms with Gasteiger partial charge in [0.05, 0.1) is 0 Å². The highest BCUT2D eigenvalue weighted by molar-refractivity contribution is 7.89. The zero-order valence-electron chi connectivity index (χ0n) is 9.85. The number of pyridine rings is 1. The third-order valence-corrected chi connectivity index (χ3v) is 4.84. The maximum atomic E-state index is 12.3. The molecule has 0 unspecified atom stereocenters. The van der Waals surface area contributed by atoms with E-state index in [0.29, 0.717) is 12.8 Å². The molecule has 0 bridgehead atoms. The van der Waals surface area contributed by atoms with Crippen molar-refractivity contribution in [1.29, 1.82) is 5.26 Å². The summed E-state index contributed by atoms with van der Waals surface area (Å²) in [6.45, 7) is 0.180. The molecule has 2 rings (SSSR count). The summed E-state index contributed by atoms with van der Waals surface area (Å²) in [5, 5.41) is 17.6. The first-order valence-corrected chi connectivity index (χ1v) is 7.01. The van der Waals surface area contributed by atoms with Crippen molar-refractivity contribution in [3.8, 4) is 6.07 Å². The average molecular weight is 281 g/mol. The number of carbonyl (C=O) groups is 1. The van der Waals surface area contributed by atoms with Crippen LogP contribution in [0, 0.1) is 11.3 Å². The highest BCUT2D eigenvalue weighted by Crippen LogP contribution is 2.25. The third-order valence-electron chi connectivity index (χ3n) is 2.95. The van der Waals surface area contributed by atoms with Crippen LogP contribution in [0.15, 0.2) is 23.2 Å². The molecule has 1 atom stereocenters. The second-order valence-electron chi connectivity index (χ2n) is 4.10. The summed E-state index contributed by atoms with van der Waals surface area (Å²) in [5.74, 6) is -1.15. The summed E-state index contributed by atoms with van der Waals surface area (Å²) in [6.07, 6.45) is 1.89. The minimum atomic E-state index is -3.88. The fourth-order valence-electron chi connectivity index (χ4n) is 2.01. The molecule has 1 saturated heterocycles. The van der Waals surface area contributed by atoms with Gasteiger partial charge in [0.25, 0.3) is 0 Å². The number of sulfonamides is 1. The van der Waals surface area contributed by atoms with Crippen LogP contribution in [-0.4, -0.2) is 41.4 Å². The average Bonchev–Trinajstić information content (AvgIpc) is 2.89. The van der Waals surface area contributed by atoms with E-state index in [1.165, 1.54) is 12.1 Å². The van der Waals surface area contributed by atoms with Crippen LogP contribution >= 0.6 is 0 Å². The molecule has 0 saturated carbocycles. The minimum absolute atomic E-state index is 0.0975. The van der Waals surface area contributed by atoms with E-state index in [2.05, 4.69) is 4.98 Å². The molecule has 1 fully saturated rings. The number of nitrogens with zero attached hydrogens (tertiary/aromatic N) is 3. The van der Waals surface area contributed by atoms with Gasteiger partial charge in [0.15, 0.2) is 0 Å². The Morgan fingerprint density at radius 3 is 2.79 bits per heavy atom. The minimum Gasteiger partial charge on any atom is -0.480 e. The molecular formula is C11H11N3O4S. The summed E-state index contributed by atoms with van der Waals surface area (Å²) in [5.41, 5.74) is 0.107. The van der Waals surface area contributed by atoms with Gasteiger partial charge in [-0.1, -0.05) is 0 Å². The monoisotopic (exact) mass is 281 g/mol. The van der Waals surface area contributed by atoms with Crippen molar-refractivity contribution < 1.29 is 18.3 Å². The quantitative estimate of drug-likeness (QED) is 0.846. The molecule has 100 valence electrons. The third kappa shape index (κ3) is 2.43. The smallest absolute Gasteiger partial charge is 0.322 e. The molecular weight excluding hydrogens is 270 g/mol. The highest BCUT2D eigenvalue weighted by atomic mass is 32.2. The topological polar surface area (TPSA) is 111 Å². The fourth-order valence-corrected chi connectivity index (χ4v) is 3.61. The summed E-state index contributed by atoms with van der Waals surface area (Å²) >= 11 is 0. The van der Waals surface area contributed by atoms with Gasteiger partial charge in [0.1, 0.15) is 22.7 Å². The zero-order valence-corrected chi connectivity index (χ0v) is 10.7. The first-order chi connectivity index (χ1) is 8.96. The largest absolute Gasteiger partial charge is 0.480 e. The van der Waals surface area contributed by atoms with E-state index < -0.39 is 22.0 Å². The van der Waals surface area contributed by atoms with Crippen LogP contribution < -0.4 is 0 Å². The van der Waals surface area contributed by atoms with Crippen LogP contribution in [0.25, 0.3) is 0 Å². The Bertz CT molecular complexity index is 633. The second-order valence-corrected chi connectivity index (χ2v) is 5.99. The van der Waals surface area contributed by atoms with Gasteiger partial charge in [-0.15, -0.1) is 0 Å². The molecule has 1 N–H and O–H groups in total. The first-order valence-electron chi connectivity index (χ1n) is 5.57. The summed E-state index contributed by atoms with van der Waals surface area (Å²) < 4.78 is 25.5. The molecule has 1 aromatic heterocycles. The highest BCUT2D eigenvalue weighted by Gasteiger charge is 2.39. The second kappa shape index (κ2) is 4.95. The van der Waals surface area contributed by atoms with Gasteiger partial charge in [-0.05, 0) is 25.0 Å². The van der Waals surface area contributed by atoms with E-state index in [1.807, 2.05) is 0 Å². The fraction of sp³-hybridized carbons (Fsp3) is 0.364. The molecule has 0 aromatic carbocycles. The van der Waals surface area contributed by atoms with Gasteiger partial charge in [0.2, 0.25) is 10.0 Å². The van der Waals surface area contributed by atoms with E-state index >= 15 is 0 Å². The van der Waals surface area contributed by atoms with Crippen molar-refractivity contribution in [2.24, 2.45) is 0 Å². The SMILES string of the molecule is N#Cc1ccc(S(=O)(=O)N2CCC[C@H]2C(=O)O)cn1. The Balaban J connectivity index is 2.36. The van der Waals surface area contributed by atoms with E-state index in [-0.39, 0.29) is 17.1 Å². The van der Waals surface area contributed by atoms with Crippen molar-refractivity contribution in [2.45, 2.75) is 23.8 Å². The van der Waals surface area contributed by atoms with E-state index in [4.69, 9.17) is 10.4 Å². The van der Waals surface area contributed by atoms with Crippen LogP contribution in [0.5, 0.6) is 0 Å². The number of hydrogen-bond acceptors (Lipinski definition) is 5. The number of hydrogen-bond donors (Lipinski definition) is 1. The number of rotatable bonds is 3. The van der Waals surface area contributed by atoms with Gasteiger partial charge in [-0.3, -0.25) is 4.79 Å². The van der Waals surface area contributed by atoms with Gasteiger partial charge in [-0.25, -0.2) is 13.4 Å². The van der Waals surface area contributed by atoms with Crippen LogP contribution in [0.3, 0.4) is 0 Å².